The van der Waals surface area contributed by atoms with Crippen LogP contribution in [0.5, 0.6) is 5.75 Å². The molecular weight excluding hydrogens is 502 g/mol. The SMILES string of the molecule is CCO[C@@H]1OC(=O)C[C@@H]1NC(=O)[C@@H]1CCCN1C(=O)[C@@H](NC(=O)c1ccc(OC(C)C)cc1Cl)C(C)C. The number of nitrogens with zero attached hydrogens (tertiary/aromatic N) is 1. The maximum Gasteiger partial charge on any atom is 0.310 e. The minimum Gasteiger partial charge on any atom is -0.491 e. The van der Waals surface area contributed by atoms with Crippen molar-refractivity contribution < 1.29 is 33.4 Å². The lowest BCUT2D eigenvalue weighted by Gasteiger charge is -2.31. The monoisotopic (exact) mass is 537 g/mol. The van der Waals surface area contributed by atoms with E-state index in [-0.39, 0.29) is 40.8 Å². The van der Waals surface area contributed by atoms with Gasteiger partial charge in [-0.2, -0.15) is 0 Å². The molecule has 0 saturated carbocycles. The molecule has 2 aliphatic heterocycles. The summed E-state index contributed by atoms with van der Waals surface area (Å²) in [4.78, 5) is 52.9. The van der Waals surface area contributed by atoms with E-state index < -0.39 is 36.3 Å². The molecule has 11 heteroatoms. The van der Waals surface area contributed by atoms with Crippen molar-refractivity contribution in [2.24, 2.45) is 5.92 Å². The predicted octanol–water partition coefficient (Wildman–Crippen LogP) is 2.67. The molecule has 10 nitrogen and oxygen atoms in total. The van der Waals surface area contributed by atoms with Crippen LogP contribution < -0.4 is 15.4 Å². The highest BCUT2D eigenvalue weighted by molar-refractivity contribution is 6.34. The molecule has 37 heavy (non-hydrogen) atoms. The van der Waals surface area contributed by atoms with E-state index in [1.165, 1.54) is 4.90 Å². The van der Waals surface area contributed by atoms with Gasteiger partial charge in [0.05, 0.1) is 23.1 Å². The number of esters is 1. The number of benzene rings is 1. The number of nitrogens with one attached hydrogen (secondary N) is 2. The Bertz CT molecular complexity index is 1020. The van der Waals surface area contributed by atoms with Gasteiger partial charge in [-0.3, -0.25) is 19.2 Å². The largest absolute Gasteiger partial charge is 0.491 e. The first-order chi connectivity index (χ1) is 17.5. The molecule has 1 aromatic carbocycles. The number of rotatable bonds is 10. The topological polar surface area (TPSA) is 123 Å². The highest BCUT2D eigenvalue weighted by Gasteiger charge is 2.42. The summed E-state index contributed by atoms with van der Waals surface area (Å²) in [6, 6.07) is 2.57. The summed E-state index contributed by atoms with van der Waals surface area (Å²) >= 11 is 6.33. The fraction of sp³-hybridized carbons (Fsp3) is 0.615. The molecule has 2 N–H and O–H groups in total. The Morgan fingerprint density at radius 1 is 1.22 bits per heavy atom. The van der Waals surface area contributed by atoms with Gasteiger partial charge in [-0.15, -0.1) is 0 Å². The highest BCUT2D eigenvalue weighted by atomic mass is 35.5. The number of likely N-dealkylation sites (tertiary alicyclic amines) is 1. The first-order valence-corrected chi connectivity index (χ1v) is 13.1. The molecule has 0 unspecified atom stereocenters. The molecule has 0 aliphatic carbocycles. The van der Waals surface area contributed by atoms with Gasteiger partial charge in [0.2, 0.25) is 18.1 Å². The zero-order valence-electron chi connectivity index (χ0n) is 21.9. The molecule has 4 atom stereocenters. The second-order valence-corrected chi connectivity index (χ2v) is 10.2. The summed E-state index contributed by atoms with van der Waals surface area (Å²) in [7, 11) is 0. The van der Waals surface area contributed by atoms with E-state index in [2.05, 4.69) is 10.6 Å². The quantitative estimate of drug-likeness (QED) is 0.440. The molecule has 204 valence electrons. The molecule has 2 fully saturated rings. The first kappa shape index (κ1) is 28.7. The van der Waals surface area contributed by atoms with Crippen LogP contribution in [0.4, 0.5) is 0 Å². The third-order valence-corrected chi connectivity index (χ3v) is 6.55. The number of hydrogen-bond donors (Lipinski definition) is 2. The standard InChI is InChI=1S/C26H36ClN3O7/c1-6-35-26-19(13-21(31)37-26)28-24(33)20-8-7-11-30(20)25(34)22(14(2)3)29-23(32)17-10-9-16(12-18(17)27)36-15(4)5/h9-10,12,14-15,19-20,22,26H,6-8,11,13H2,1-5H3,(H,28,33)(H,29,32)/t19-,20-,22-,26+/m0/s1. The van der Waals surface area contributed by atoms with Crippen LogP contribution in [0.2, 0.25) is 5.02 Å². The summed E-state index contributed by atoms with van der Waals surface area (Å²) in [5.74, 6) is -1.37. The number of carbonyl (C=O) groups is 4. The Labute approximate surface area is 222 Å². The molecule has 2 aliphatic rings. The van der Waals surface area contributed by atoms with E-state index in [0.29, 0.717) is 31.7 Å². The van der Waals surface area contributed by atoms with E-state index in [4.69, 9.17) is 25.8 Å². The lowest BCUT2D eigenvalue weighted by molar-refractivity contribution is -0.164. The Balaban J connectivity index is 1.69. The van der Waals surface area contributed by atoms with E-state index in [1.807, 2.05) is 27.7 Å². The van der Waals surface area contributed by atoms with Crippen molar-refractivity contribution in [2.45, 2.75) is 84.4 Å². The highest BCUT2D eigenvalue weighted by Crippen LogP contribution is 2.25. The first-order valence-electron chi connectivity index (χ1n) is 12.7. The molecule has 0 aromatic heterocycles. The van der Waals surface area contributed by atoms with Gasteiger partial charge in [0.1, 0.15) is 23.9 Å². The molecule has 0 spiro atoms. The minimum atomic E-state index is -0.865. The summed E-state index contributed by atoms with van der Waals surface area (Å²) in [5, 5.41) is 5.82. The zero-order valence-corrected chi connectivity index (χ0v) is 22.7. The second kappa shape index (κ2) is 12.6. The number of ether oxygens (including phenoxy) is 3. The third kappa shape index (κ3) is 7.13. The smallest absolute Gasteiger partial charge is 0.310 e. The van der Waals surface area contributed by atoms with E-state index in [0.717, 1.165) is 0 Å². The molecule has 0 radical (unpaired) electrons. The fourth-order valence-corrected chi connectivity index (χ4v) is 4.74. The van der Waals surface area contributed by atoms with Crippen LogP contribution in [0.1, 0.15) is 64.2 Å². The molecule has 2 saturated heterocycles. The number of hydrogen-bond acceptors (Lipinski definition) is 7. The van der Waals surface area contributed by atoms with Crippen molar-refractivity contribution in [1.82, 2.24) is 15.5 Å². The van der Waals surface area contributed by atoms with Crippen molar-refractivity contribution in [1.29, 1.82) is 0 Å². The normalized spacial score (nSPS) is 22.2. The van der Waals surface area contributed by atoms with Gasteiger partial charge in [-0.25, -0.2) is 0 Å². The summed E-state index contributed by atoms with van der Waals surface area (Å²) in [6.45, 7) is 9.89. The molecule has 3 rings (SSSR count). The summed E-state index contributed by atoms with van der Waals surface area (Å²) in [6.07, 6.45) is 0.220. The molecule has 2 heterocycles. The Morgan fingerprint density at radius 3 is 2.57 bits per heavy atom. The van der Waals surface area contributed by atoms with Gasteiger partial charge in [0.15, 0.2) is 0 Å². The minimum absolute atomic E-state index is 0.00348. The van der Waals surface area contributed by atoms with E-state index in [9.17, 15) is 19.2 Å². The van der Waals surface area contributed by atoms with Crippen LogP contribution >= 0.6 is 11.6 Å². The number of cyclic esters (lactones) is 1. The van der Waals surface area contributed by atoms with Crippen LogP contribution in [-0.2, 0) is 23.9 Å². The van der Waals surface area contributed by atoms with Crippen LogP contribution in [0.25, 0.3) is 0 Å². The van der Waals surface area contributed by atoms with Crippen molar-refractivity contribution >= 4 is 35.3 Å². The van der Waals surface area contributed by atoms with Gasteiger partial charge >= 0.3 is 5.97 Å². The average molecular weight is 538 g/mol. The van der Waals surface area contributed by atoms with Crippen molar-refractivity contribution in [2.75, 3.05) is 13.2 Å². The number of carbonyl (C=O) groups excluding carboxylic acids is 4. The summed E-state index contributed by atoms with van der Waals surface area (Å²) < 4.78 is 16.1. The lowest BCUT2D eigenvalue weighted by atomic mass is 10.0. The van der Waals surface area contributed by atoms with Crippen LogP contribution in [-0.4, -0.2) is 72.3 Å². The van der Waals surface area contributed by atoms with Crippen molar-refractivity contribution in [3.8, 4) is 5.75 Å². The van der Waals surface area contributed by atoms with Gasteiger partial charge in [0.25, 0.3) is 5.91 Å². The average Bonchev–Trinajstić information content (AvgIpc) is 3.43. The molecule has 3 amide bonds. The Kier molecular flexibility index (Phi) is 9.78. The van der Waals surface area contributed by atoms with Crippen LogP contribution in [0.15, 0.2) is 18.2 Å². The number of amides is 3. The van der Waals surface area contributed by atoms with Crippen molar-refractivity contribution in [3.05, 3.63) is 28.8 Å². The van der Waals surface area contributed by atoms with Gasteiger partial charge < -0.3 is 29.7 Å². The predicted molar refractivity (Wildman–Crippen MR) is 136 cm³/mol. The second-order valence-electron chi connectivity index (χ2n) is 9.83. The maximum atomic E-state index is 13.6. The van der Waals surface area contributed by atoms with Crippen LogP contribution in [0.3, 0.4) is 0 Å². The van der Waals surface area contributed by atoms with Gasteiger partial charge in [0, 0.05) is 13.2 Å². The van der Waals surface area contributed by atoms with E-state index in [1.54, 1.807) is 25.1 Å². The third-order valence-electron chi connectivity index (χ3n) is 6.24. The van der Waals surface area contributed by atoms with Crippen LogP contribution in [0, 0.1) is 5.92 Å². The Hall–Kier alpha value is -2.85. The summed E-state index contributed by atoms with van der Waals surface area (Å²) in [5.41, 5.74) is 0.222. The van der Waals surface area contributed by atoms with E-state index >= 15 is 0 Å². The number of halogens is 1. The lowest BCUT2D eigenvalue weighted by Crippen LogP contribution is -2.56. The molecular formula is C26H36ClN3O7. The fourth-order valence-electron chi connectivity index (χ4n) is 4.49. The zero-order chi connectivity index (χ0) is 27.3. The maximum absolute atomic E-state index is 13.6. The Morgan fingerprint density at radius 2 is 1.95 bits per heavy atom. The molecule has 1 aromatic rings. The molecule has 0 bridgehead atoms. The van der Waals surface area contributed by atoms with Gasteiger partial charge in [-0.1, -0.05) is 25.4 Å². The van der Waals surface area contributed by atoms with Crippen molar-refractivity contribution in [3.63, 3.8) is 0 Å². The van der Waals surface area contributed by atoms with Gasteiger partial charge in [-0.05, 0) is 57.7 Å².